The molecule has 0 fully saturated rings. The van der Waals surface area contributed by atoms with Gasteiger partial charge in [-0.2, -0.15) is 26.3 Å². The van der Waals surface area contributed by atoms with Crippen molar-refractivity contribution in [3.63, 3.8) is 0 Å². The second-order valence-corrected chi connectivity index (χ2v) is 17.4. The molecule has 10 heteroatoms. The average molecular weight is 433 g/mol. The summed E-state index contributed by atoms with van der Waals surface area (Å²) >= 11 is 0. The highest BCUT2D eigenvalue weighted by Gasteiger charge is 2.78. The maximum Gasteiger partial charge on any atom is 0.423 e. The molecule has 0 saturated heterocycles. The van der Waals surface area contributed by atoms with Crippen LogP contribution in [0, 0.1) is 0 Å². The van der Waals surface area contributed by atoms with E-state index in [1.165, 1.54) is 57.5 Å². The van der Waals surface area contributed by atoms with Crippen LogP contribution in [-0.4, -0.2) is 34.6 Å². The molecule has 2 unspecified atom stereocenters. The summed E-state index contributed by atoms with van der Waals surface area (Å²) in [5.41, 5.74) is -7.94. The molecule has 0 heterocycles. The first kappa shape index (κ1) is 24.2. The molecule has 1 rings (SSSR count). The fraction of sp³-hybridized carbons (Fsp3) is 0.647. The predicted octanol–water partition coefficient (Wildman–Crippen LogP) is 6.47. The van der Waals surface area contributed by atoms with E-state index in [0.29, 0.717) is 6.92 Å². The molecule has 1 aromatic rings. The fourth-order valence-corrected chi connectivity index (χ4v) is 5.83. The van der Waals surface area contributed by atoms with Crippen molar-refractivity contribution >= 4 is 16.6 Å². The Balaban J connectivity index is 4.03. The van der Waals surface area contributed by atoms with Crippen molar-refractivity contribution in [2.45, 2.75) is 69.8 Å². The SMILES string of the molecule is CC(O[Si](C)(C)C)(C(F)(F)F)C(O[Si](C)(C)C)(c1ccccc1)C(F)(F)F. The van der Waals surface area contributed by atoms with Gasteiger partial charge in [-0.15, -0.1) is 0 Å². The monoisotopic (exact) mass is 432 g/mol. The van der Waals surface area contributed by atoms with Crippen LogP contribution in [0.4, 0.5) is 26.3 Å². The lowest BCUT2D eigenvalue weighted by Crippen LogP contribution is -2.71. The van der Waals surface area contributed by atoms with E-state index >= 15 is 0 Å². The summed E-state index contributed by atoms with van der Waals surface area (Å²) < 4.78 is 97.0. The first-order valence-corrected chi connectivity index (χ1v) is 15.2. The molecular weight excluding hydrogens is 406 g/mol. The minimum Gasteiger partial charge on any atom is -0.401 e. The molecule has 1 aromatic carbocycles. The van der Waals surface area contributed by atoms with Crippen molar-refractivity contribution in [2.75, 3.05) is 0 Å². The Bertz CT molecular complexity index is 634. The van der Waals surface area contributed by atoms with E-state index in [1.807, 2.05) is 0 Å². The molecule has 0 bridgehead atoms. The van der Waals surface area contributed by atoms with E-state index in [1.54, 1.807) is 0 Å². The summed E-state index contributed by atoms with van der Waals surface area (Å²) in [6.45, 7) is 8.95. The zero-order chi connectivity index (χ0) is 21.5. The summed E-state index contributed by atoms with van der Waals surface area (Å²) in [5.74, 6) is 0. The molecule has 2 atom stereocenters. The number of rotatable bonds is 6. The molecular formula is C17H26F6O2Si2. The standard InChI is InChI=1S/C17H26F6O2Si2/c1-14(16(18,19)20,24-26(2,3)4)15(17(21,22)23,25-27(5,6)7)13-11-9-8-10-12-13/h8-12H,1-7H3. The highest BCUT2D eigenvalue weighted by molar-refractivity contribution is 6.70. The number of benzene rings is 1. The molecule has 0 aliphatic carbocycles. The van der Waals surface area contributed by atoms with E-state index < -0.39 is 45.8 Å². The second kappa shape index (κ2) is 7.20. The van der Waals surface area contributed by atoms with Crippen LogP contribution >= 0.6 is 0 Å². The van der Waals surface area contributed by atoms with Gasteiger partial charge in [-0.05, 0) is 51.8 Å². The number of hydrogen-bond acceptors (Lipinski definition) is 2. The lowest BCUT2D eigenvalue weighted by molar-refractivity contribution is -0.374. The van der Waals surface area contributed by atoms with E-state index in [-0.39, 0.29) is 0 Å². The minimum absolute atomic E-state index is 0.450. The maximum absolute atomic E-state index is 14.5. The predicted molar refractivity (Wildman–Crippen MR) is 97.5 cm³/mol. The Morgan fingerprint density at radius 3 is 1.37 bits per heavy atom. The third kappa shape index (κ3) is 4.96. The van der Waals surface area contributed by atoms with Crippen molar-refractivity contribution in [3.8, 4) is 0 Å². The molecule has 27 heavy (non-hydrogen) atoms. The first-order chi connectivity index (χ1) is 11.8. The summed E-state index contributed by atoms with van der Waals surface area (Å²) in [6, 6.07) is 5.96. The first-order valence-electron chi connectivity index (χ1n) is 8.36. The summed E-state index contributed by atoms with van der Waals surface area (Å²) in [6.07, 6.45) is -10.7. The molecule has 0 saturated carbocycles. The molecule has 0 aliphatic heterocycles. The third-order valence-corrected chi connectivity index (χ3v) is 5.70. The lowest BCUT2D eigenvalue weighted by atomic mass is 9.77. The highest BCUT2D eigenvalue weighted by Crippen LogP contribution is 2.58. The van der Waals surface area contributed by atoms with Gasteiger partial charge in [0.15, 0.2) is 22.2 Å². The largest absolute Gasteiger partial charge is 0.423 e. The molecule has 0 N–H and O–H groups in total. The maximum atomic E-state index is 14.5. The van der Waals surface area contributed by atoms with Crippen molar-refractivity contribution < 1.29 is 35.2 Å². The average Bonchev–Trinajstić information content (AvgIpc) is 2.40. The number of hydrogen-bond donors (Lipinski definition) is 0. The van der Waals surface area contributed by atoms with Crippen molar-refractivity contribution in [2.24, 2.45) is 0 Å². The van der Waals surface area contributed by atoms with Crippen molar-refractivity contribution in [1.29, 1.82) is 0 Å². The Labute approximate surface area is 158 Å². The highest BCUT2D eigenvalue weighted by atomic mass is 28.4. The van der Waals surface area contributed by atoms with Gasteiger partial charge in [0.1, 0.15) is 0 Å². The van der Waals surface area contributed by atoms with Gasteiger partial charge in [-0.3, -0.25) is 0 Å². The molecule has 0 aliphatic rings. The van der Waals surface area contributed by atoms with Gasteiger partial charge in [-0.25, -0.2) is 0 Å². The molecule has 0 radical (unpaired) electrons. The third-order valence-electron chi connectivity index (χ3n) is 3.76. The Morgan fingerprint density at radius 2 is 1.07 bits per heavy atom. The van der Waals surface area contributed by atoms with Gasteiger partial charge < -0.3 is 8.85 Å². The quantitative estimate of drug-likeness (QED) is 0.379. The normalized spacial score (nSPS) is 18.7. The molecule has 0 spiro atoms. The van der Waals surface area contributed by atoms with Crippen LogP contribution in [0.1, 0.15) is 12.5 Å². The van der Waals surface area contributed by atoms with Crippen LogP contribution < -0.4 is 0 Å². The van der Waals surface area contributed by atoms with Gasteiger partial charge >= 0.3 is 12.4 Å². The lowest BCUT2D eigenvalue weighted by Gasteiger charge is -2.53. The van der Waals surface area contributed by atoms with Crippen molar-refractivity contribution in [3.05, 3.63) is 35.9 Å². The molecule has 0 amide bonds. The van der Waals surface area contributed by atoms with Gasteiger partial charge in [0.25, 0.3) is 0 Å². The van der Waals surface area contributed by atoms with Crippen molar-refractivity contribution in [1.82, 2.24) is 0 Å². The van der Waals surface area contributed by atoms with E-state index in [9.17, 15) is 26.3 Å². The topological polar surface area (TPSA) is 18.5 Å². The Hall–Kier alpha value is -0.846. The van der Waals surface area contributed by atoms with Gasteiger partial charge in [-0.1, -0.05) is 30.3 Å². The minimum atomic E-state index is -5.38. The number of alkyl halides is 6. The Kier molecular flexibility index (Phi) is 6.45. The molecule has 0 aromatic heterocycles. The zero-order valence-corrected chi connectivity index (χ0v) is 18.5. The van der Waals surface area contributed by atoms with Gasteiger partial charge in [0.2, 0.25) is 5.60 Å². The van der Waals surface area contributed by atoms with E-state index in [0.717, 1.165) is 12.1 Å². The van der Waals surface area contributed by atoms with Crippen LogP contribution in [-0.2, 0) is 14.5 Å². The number of halogens is 6. The van der Waals surface area contributed by atoms with Gasteiger partial charge in [0, 0.05) is 0 Å². The Morgan fingerprint density at radius 1 is 0.667 bits per heavy atom. The summed E-state index contributed by atoms with van der Waals surface area (Å²) in [4.78, 5) is 0. The second-order valence-electron chi connectivity index (χ2n) is 8.50. The van der Waals surface area contributed by atoms with Crippen LogP contribution in [0.25, 0.3) is 0 Å². The summed E-state index contributed by atoms with van der Waals surface area (Å²) in [5, 5.41) is 0. The summed E-state index contributed by atoms with van der Waals surface area (Å²) in [7, 11) is -6.22. The van der Waals surface area contributed by atoms with Crippen LogP contribution in [0.15, 0.2) is 30.3 Å². The van der Waals surface area contributed by atoms with E-state index in [4.69, 9.17) is 8.85 Å². The zero-order valence-electron chi connectivity index (χ0n) is 16.5. The van der Waals surface area contributed by atoms with Crippen LogP contribution in [0.5, 0.6) is 0 Å². The smallest absolute Gasteiger partial charge is 0.401 e. The molecule has 156 valence electrons. The van der Waals surface area contributed by atoms with E-state index in [2.05, 4.69) is 0 Å². The van der Waals surface area contributed by atoms with Crippen LogP contribution in [0.3, 0.4) is 0 Å². The molecule has 2 nitrogen and oxygen atoms in total. The fourth-order valence-electron chi connectivity index (χ4n) is 3.00. The van der Waals surface area contributed by atoms with Crippen LogP contribution in [0.2, 0.25) is 39.3 Å². The van der Waals surface area contributed by atoms with Gasteiger partial charge in [0.05, 0.1) is 0 Å².